The number of carbonyl (C=O) groups excluding carboxylic acids is 1. The zero-order valence-corrected chi connectivity index (χ0v) is 11.9. The number of hydrogen-bond donors (Lipinski definition) is 0. The molecule has 96 valence electrons. The van der Waals surface area contributed by atoms with Gasteiger partial charge in [0.25, 0.3) is 0 Å². The lowest BCUT2D eigenvalue weighted by Crippen LogP contribution is -2.14. The van der Waals surface area contributed by atoms with E-state index in [1.165, 1.54) is 11.3 Å². The molecule has 0 radical (unpaired) electrons. The molecule has 0 spiro atoms. The standard InChI is InChI=1S/C12H10Cl2O3S/c1-2-16-9(15)6-17-8-5-7-3-4-18-12(7)11(14)10(8)13/h3-5H,2,6H2,1H3. The third-order valence-electron chi connectivity index (χ3n) is 2.24. The van der Waals surface area contributed by atoms with E-state index in [-0.39, 0.29) is 6.61 Å². The first kappa shape index (κ1) is 13.5. The fourth-order valence-electron chi connectivity index (χ4n) is 1.47. The van der Waals surface area contributed by atoms with Crippen LogP contribution in [-0.4, -0.2) is 19.2 Å². The predicted molar refractivity (Wildman–Crippen MR) is 74.0 cm³/mol. The molecule has 0 aliphatic heterocycles. The van der Waals surface area contributed by atoms with Crippen LogP contribution in [0.4, 0.5) is 0 Å². The van der Waals surface area contributed by atoms with Crippen LogP contribution in [0.2, 0.25) is 10.0 Å². The first-order chi connectivity index (χ1) is 8.63. The highest BCUT2D eigenvalue weighted by atomic mass is 35.5. The lowest BCUT2D eigenvalue weighted by molar-refractivity contribution is -0.145. The van der Waals surface area contributed by atoms with Gasteiger partial charge in [0.15, 0.2) is 6.61 Å². The molecule has 0 N–H and O–H groups in total. The first-order valence-corrected chi connectivity index (χ1v) is 6.90. The minimum atomic E-state index is -0.435. The summed E-state index contributed by atoms with van der Waals surface area (Å²) in [5.74, 6) is -0.0456. The summed E-state index contributed by atoms with van der Waals surface area (Å²) >= 11 is 13.7. The van der Waals surface area contributed by atoms with Gasteiger partial charge in [-0.3, -0.25) is 0 Å². The Morgan fingerprint density at radius 3 is 2.89 bits per heavy atom. The van der Waals surface area contributed by atoms with E-state index in [9.17, 15) is 4.79 Å². The van der Waals surface area contributed by atoms with Gasteiger partial charge in [0.2, 0.25) is 0 Å². The molecule has 2 aromatic rings. The lowest BCUT2D eigenvalue weighted by Gasteiger charge is -2.09. The number of carbonyl (C=O) groups is 1. The van der Waals surface area contributed by atoms with Crippen LogP contribution >= 0.6 is 34.5 Å². The molecule has 6 heteroatoms. The predicted octanol–water partition coefficient (Wildman–Crippen LogP) is 4.15. The molecule has 1 aromatic carbocycles. The molecular weight excluding hydrogens is 295 g/mol. The Bertz CT molecular complexity index is 580. The maximum Gasteiger partial charge on any atom is 0.344 e. The van der Waals surface area contributed by atoms with E-state index < -0.39 is 5.97 Å². The van der Waals surface area contributed by atoms with Crippen LogP contribution in [0, 0.1) is 0 Å². The molecule has 0 saturated heterocycles. The van der Waals surface area contributed by atoms with Crippen molar-refractivity contribution < 1.29 is 14.3 Å². The summed E-state index contributed by atoms with van der Waals surface area (Å²) in [5, 5.41) is 3.62. The van der Waals surface area contributed by atoms with E-state index in [1.54, 1.807) is 13.0 Å². The molecule has 0 aliphatic carbocycles. The molecule has 0 amide bonds. The van der Waals surface area contributed by atoms with Crippen molar-refractivity contribution in [3.05, 3.63) is 27.6 Å². The quantitative estimate of drug-likeness (QED) is 0.796. The summed E-state index contributed by atoms with van der Waals surface area (Å²) in [6, 6.07) is 3.68. The van der Waals surface area contributed by atoms with Gasteiger partial charge in [-0.15, -0.1) is 11.3 Å². The maximum absolute atomic E-state index is 11.2. The van der Waals surface area contributed by atoms with E-state index in [1.807, 2.05) is 11.4 Å². The highest BCUT2D eigenvalue weighted by molar-refractivity contribution is 7.18. The van der Waals surface area contributed by atoms with Crippen molar-refractivity contribution in [2.24, 2.45) is 0 Å². The Balaban J connectivity index is 2.22. The van der Waals surface area contributed by atoms with Crippen molar-refractivity contribution >= 4 is 50.6 Å². The monoisotopic (exact) mass is 304 g/mol. The minimum Gasteiger partial charge on any atom is -0.480 e. The number of ether oxygens (including phenoxy) is 2. The van der Waals surface area contributed by atoms with Gasteiger partial charge in [0, 0.05) is 0 Å². The highest BCUT2D eigenvalue weighted by Gasteiger charge is 2.13. The Hall–Kier alpha value is -0.970. The maximum atomic E-state index is 11.2. The molecule has 1 heterocycles. The third-order valence-corrected chi connectivity index (χ3v) is 4.15. The van der Waals surface area contributed by atoms with Crippen molar-refractivity contribution in [2.75, 3.05) is 13.2 Å². The van der Waals surface area contributed by atoms with Gasteiger partial charge in [-0.25, -0.2) is 4.79 Å². The van der Waals surface area contributed by atoms with Crippen LogP contribution in [0.15, 0.2) is 17.5 Å². The van der Waals surface area contributed by atoms with Crippen LogP contribution in [-0.2, 0) is 9.53 Å². The minimum absolute atomic E-state index is 0.181. The van der Waals surface area contributed by atoms with Gasteiger partial charge < -0.3 is 9.47 Å². The van der Waals surface area contributed by atoms with Crippen molar-refractivity contribution in [1.29, 1.82) is 0 Å². The average molecular weight is 305 g/mol. The molecule has 3 nitrogen and oxygen atoms in total. The van der Waals surface area contributed by atoms with Gasteiger partial charge in [0.05, 0.1) is 16.3 Å². The van der Waals surface area contributed by atoms with E-state index in [2.05, 4.69) is 0 Å². The summed E-state index contributed by atoms with van der Waals surface area (Å²) in [5.41, 5.74) is 0. The summed E-state index contributed by atoms with van der Waals surface area (Å²) < 4.78 is 11.0. The van der Waals surface area contributed by atoms with E-state index in [0.29, 0.717) is 22.4 Å². The van der Waals surface area contributed by atoms with E-state index in [4.69, 9.17) is 32.7 Å². The second kappa shape index (κ2) is 5.78. The normalized spacial score (nSPS) is 10.6. The number of benzene rings is 1. The van der Waals surface area contributed by atoms with Crippen LogP contribution in [0.5, 0.6) is 5.75 Å². The fourth-order valence-corrected chi connectivity index (χ4v) is 2.88. The zero-order valence-electron chi connectivity index (χ0n) is 9.54. The summed E-state index contributed by atoms with van der Waals surface area (Å²) in [6.45, 7) is 1.87. The largest absolute Gasteiger partial charge is 0.480 e. The number of halogens is 2. The van der Waals surface area contributed by atoms with Gasteiger partial charge in [-0.2, -0.15) is 0 Å². The SMILES string of the molecule is CCOC(=O)COc1cc2ccsc2c(Cl)c1Cl. The molecule has 0 unspecified atom stereocenters. The van der Waals surface area contributed by atoms with Crippen molar-refractivity contribution in [2.45, 2.75) is 6.92 Å². The second-order valence-corrected chi connectivity index (χ2v) is 5.11. The topological polar surface area (TPSA) is 35.5 Å². The fraction of sp³-hybridized carbons (Fsp3) is 0.250. The number of rotatable bonds is 4. The second-order valence-electron chi connectivity index (χ2n) is 3.44. The van der Waals surface area contributed by atoms with E-state index in [0.717, 1.165) is 10.1 Å². The third kappa shape index (κ3) is 2.71. The van der Waals surface area contributed by atoms with Crippen molar-refractivity contribution in [3.8, 4) is 5.75 Å². The smallest absolute Gasteiger partial charge is 0.344 e. The zero-order chi connectivity index (χ0) is 13.1. The van der Waals surface area contributed by atoms with Crippen LogP contribution in [0.1, 0.15) is 6.92 Å². The van der Waals surface area contributed by atoms with Crippen molar-refractivity contribution in [1.82, 2.24) is 0 Å². The molecule has 0 bridgehead atoms. The molecule has 18 heavy (non-hydrogen) atoms. The van der Waals surface area contributed by atoms with Crippen LogP contribution in [0.25, 0.3) is 10.1 Å². The Morgan fingerprint density at radius 1 is 1.39 bits per heavy atom. The van der Waals surface area contributed by atoms with Gasteiger partial charge in [-0.1, -0.05) is 23.2 Å². The van der Waals surface area contributed by atoms with Gasteiger partial charge >= 0.3 is 5.97 Å². The number of hydrogen-bond acceptors (Lipinski definition) is 4. The first-order valence-electron chi connectivity index (χ1n) is 5.27. The van der Waals surface area contributed by atoms with Crippen molar-refractivity contribution in [3.63, 3.8) is 0 Å². The molecule has 1 aromatic heterocycles. The molecular formula is C12H10Cl2O3S. The number of thiophene rings is 1. The van der Waals surface area contributed by atoms with Crippen LogP contribution < -0.4 is 4.74 Å². The van der Waals surface area contributed by atoms with Gasteiger partial charge in [-0.05, 0) is 29.8 Å². The highest BCUT2D eigenvalue weighted by Crippen LogP contribution is 2.40. The molecule has 0 aliphatic rings. The van der Waals surface area contributed by atoms with E-state index >= 15 is 0 Å². The molecule has 0 atom stereocenters. The summed E-state index contributed by atoms with van der Waals surface area (Å²) in [6.07, 6.45) is 0. The Morgan fingerprint density at radius 2 is 2.17 bits per heavy atom. The molecule has 0 fully saturated rings. The summed E-state index contributed by atoms with van der Waals surface area (Å²) in [4.78, 5) is 11.2. The van der Waals surface area contributed by atoms with Crippen LogP contribution in [0.3, 0.4) is 0 Å². The average Bonchev–Trinajstić information content (AvgIpc) is 2.80. The molecule has 0 saturated carbocycles. The lowest BCUT2D eigenvalue weighted by atomic mass is 10.2. The molecule has 2 rings (SSSR count). The number of fused-ring (bicyclic) bond motifs is 1. The van der Waals surface area contributed by atoms with Gasteiger partial charge in [0.1, 0.15) is 10.8 Å². The Labute approximate surface area is 118 Å². The number of esters is 1. The Kier molecular flexibility index (Phi) is 4.32. The summed E-state index contributed by atoms with van der Waals surface area (Å²) in [7, 11) is 0.